The Morgan fingerprint density at radius 3 is 2.85 bits per heavy atom. The summed E-state index contributed by atoms with van der Waals surface area (Å²) in [6.45, 7) is 5.98. The summed E-state index contributed by atoms with van der Waals surface area (Å²) < 4.78 is 2.17. The minimum Gasteiger partial charge on any atom is -0.311 e. The Bertz CT molecular complexity index is 803. The van der Waals surface area contributed by atoms with Gasteiger partial charge in [0, 0.05) is 29.2 Å². The molecule has 2 aliphatic rings. The summed E-state index contributed by atoms with van der Waals surface area (Å²) in [6.07, 6.45) is 3.43. The number of fused-ring (bicyclic) bond motifs is 1. The summed E-state index contributed by atoms with van der Waals surface area (Å²) in [4.78, 5) is 16.1. The lowest BCUT2D eigenvalue weighted by Crippen LogP contribution is -2.33. The van der Waals surface area contributed by atoms with Gasteiger partial charge in [0.1, 0.15) is 5.82 Å². The minimum absolute atomic E-state index is 0.149. The smallest absolute Gasteiger partial charge is 0.237 e. The topological polar surface area (TPSA) is 51.0 Å². The number of benzene rings is 1. The summed E-state index contributed by atoms with van der Waals surface area (Å²) in [6, 6.07) is 8.23. The molecule has 2 aromatic rings. The van der Waals surface area contributed by atoms with Crippen molar-refractivity contribution >= 4 is 35.1 Å². The van der Waals surface area contributed by atoms with Gasteiger partial charge in [-0.05, 0) is 38.3 Å². The molecule has 0 spiro atoms. The maximum atomic E-state index is 13.0. The van der Waals surface area contributed by atoms with Crippen LogP contribution in [0.2, 0.25) is 0 Å². The number of rotatable bonds is 5. The van der Waals surface area contributed by atoms with Crippen molar-refractivity contribution in [1.29, 1.82) is 0 Å². The van der Waals surface area contributed by atoms with Crippen molar-refractivity contribution in [3.8, 4) is 0 Å². The third-order valence-electron chi connectivity index (χ3n) is 4.87. The zero-order chi connectivity index (χ0) is 18.1. The van der Waals surface area contributed by atoms with E-state index in [1.807, 2.05) is 28.8 Å². The molecule has 1 aliphatic heterocycles. The van der Waals surface area contributed by atoms with Crippen LogP contribution in [-0.2, 0) is 11.3 Å². The maximum absolute atomic E-state index is 13.0. The van der Waals surface area contributed by atoms with E-state index >= 15 is 0 Å². The van der Waals surface area contributed by atoms with Gasteiger partial charge >= 0.3 is 0 Å². The molecule has 1 aliphatic carbocycles. The molecule has 0 radical (unpaired) electrons. The molecule has 1 saturated carbocycles. The number of carbonyl (C=O) groups excluding carboxylic acids is 1. The average Bonchev–Trinajstić information content (AvgIpc) is 3.43. The van der Waals surface area contributed by atoms with E-state index in [-0.39, 0.29) is 5.91 Å². The highest BCUT2D eigenvalue weighted by Gasteiger charge is 2.30. The third kappa shape index (κ3) is 3.64. The van der Waals surface area contributed by atoms with Crippen LogP contribution in [0, 0.1) is 0 Å². The largest absolute Gasteiger partial charge is 0.311 e. The average molecular weight is 389 g/mol. The Kier molecular flexibility index (Phi) is 5.27. The van der Waals surface area contributed by atoms with Crippen LogP contribution in [0.5, 0.6) is 0 Å². The van der Waals surface area contributed by atoms with Crippen molar-refractivity contribution in [2.75, 3.05) is 17.2 Å². The van der Waals surface area contributed by atoms with Gasteiger partial charge in [0.2, 0.25) is 5.91 Å². The Hall–Kier alpha value is -1.47. The molecule has 2 heterocycles. The van der Waals surface area contributed by atoms with E-state index in [4.69, 9.17) is 0 Å². The number of hydrogen-bond acceptors (Lipinski definition) is 5. The second-order valence-electron chi connectivity index (χ2n) is 6.88. The lowest BCUT2D eigenvalue weighted by Gasteiger charge is -2.22. The molecule has 1 amide bonds. The van der Waals surface area contributed by atoms with Crippen molar-refractivity contribution in [3.63, 3.8) is 0 Å². The van der Waals surface area contributed by atoms with Crippen molar-refractivity contribution in [2.45, 2.75) is 60.9 Å². The van der Waals surface area contributed by atoms with E-state index in [0.29, 0.717) is 16.9 Å². The molecule has 0 bridgehead atoms. The first-order chi connectivity index (χ1) is 12.7. The highest BCUT2D eigenvalue weighted by Crippen LogP contribution is 2.40. The van der Waals surface area contributed by atoms with Gasteiger partial charge in [0.05, 0.1) is 11.4 Å². The zero-order valence-corrected chi connectivity index (χ0v) is 16.9. The van der Waals surface area contributed by atoms with E-state index in [0.717, 1.165) is 36.2 Å². The molecule has 5 nitrogen and oxygen atoms in total. The Labute approximate surface area is 162 Å². The van der Waals surface area contributed by atoms with Gasteiger partial charge in [-0.1, -0.05) is 30.8 Å². The van der Waals surface area contributed by atoms with Crippen LogP contribution in [0.25, 0.3) is 0 Å². The van der Waals surface area contributed by atoms with Gasteiger partial charge in [0.25, 0.3) is 0 Å². The number of amides is 1. The lowest BCUT2D eigenvalue weighted by atomic mass is 10.2. The molecule has 26 heavy (non-hydrogen) atoms. The van der Waals surface area contributed by atoms with E-state index in [1.165, 1.54) is 29.5 Å². The van der Waals surface area contributed by atoms with Crippen LogP contribution >= 0.6 is 23.5 Å². The van der Waals surface area contributed by atoms with Crippen LogP contribution in [0.4, 0.5) is 5.69 Å². The number of nitrogens with zero attached hydrogens (tertiary/aromatic N) is 4. The Morgan fingerprint density at radius 2 is 2.08 bits per heavy atom. The molecule has 1 atom stereocenters. The van der Waals surface area contributed by atoms with Gasteiger partial charge in [-0.25, -0.2) is 0 Å². The van der Waals surface area contributed by atoms with Gasteiger partial charge in [-0.15, -0.1) is 22.0 Å². The number of thioether (sulfide) groups is 2. The fourth-order valence-electron chi connectivity index (χ4n) is 3.30. The summed E-state index contributed by atoms with van der Waals surface area (Å²) in [5.41, 5.74) is 1.04. The first kappa shape index (κ1) is 17.9. The summed E-state index contributed by atoms with van der Waals surface area (Å²) in [5, 5.41) is 10.1. The fourth-order valence-corrected chi connectivity index (χ4v) is 5.30. The van der Waals surface area contributed by atoms with Crippen LogP contribution in [0.1, 0.15) is 44.9 Å². The highest BCUT2D eigenvalue weighted by atomic mass is 32.2. The monoisotopic (exact) mass is 388 g/mol. The van der Waals surface area contributed by atoms with Crippen molar-refractivity contribution < 1.29 is 4.79 Å². The summed E-state index contributed by atoms with van der Waals surface area (Å²) >= 11 is 3.37. The SMILES string of the molecule is CCn1c(SCC(=O)N2CC[C@@H](C)Sc3ccccc32)nnc1C1CC1. The lowest BCUT2D eigenvalue weighted by molar-refractivity contribution is -0.116. The predicted octanol–water partition coefficient (Wildman–Crippen LogP) is 4.19. The zero-order valence-electron chi connectivity index (χ0n) is 15.2. The van der Waals surface area contributed by atoms with Gasteiger partial charge < -0.3 is 9.47 Å². The van der Waals surface area contributed by atoms with Gasteiger partial charge in [-0.2, -0.15) is 0 Å². The van der Waals surface area contributed by atoms with E-state index in [9.17, 15) is 4.79 Å². The highest BCUT2D eigenvalue weighted by molar-refractivity contribution is 8.00. The molecule has 1 aromatic carbocycles. The second-order valence-corrected chi connectivity index (χ2v) is 9.30. The number of hydrogen-bond donors (Lipinski definition) is 0. The Morgan fingerprint density at radius 1 is 1.27 bits per heavy atom. The van der Waals surface area contributed by atoms with Crippen molar-refractivity contribution in [2.24, 2.45) is 0 Å². The first-order valence-corrected chi connectivity index (χ1v) is 11.2. The standard InChI is InChI=1S/C19H24N4OS2/c1-3-22-18(14-8-9-14)20-21-19(22)25-12-17(24)23-11-10-13(2)26-16-7-5-4-6-15(16)23/h4-7,13-14H,3,8-12H2,1-2H3/t13-/m1/s1. The summed E-state index contributed by atoms with van der Waals surface area (Å²) in [7, 11) is 0. The number of anilines is 1. The van der Waals surface area contributed by atoms with Crippen LogP contribution in [0.15, 0.2) is 34.3 Å². The number of aromatic nitrogens is 3. The molecular formula is C19H24N4OS2. The maximum Gasteiger partial charge on any atom is 0.237 e. The second kappa shape index (κ2) is 7.64. The molecule has 0 unspecified atom stereocenters. The quantitative estimate of drug-likeness (QED) is 0.719. The molecule has 0 N–H and O–H groups in total. The van der Waals surface area contributed by atoms with E-state index in [2.05, 4.69) is 40.7 Å². The number of carbonyl (C=O) groups is 1. The Balaban J connectivity index is 1.48. The fraction of sp³-hybridized carbons (Fsp3) is 0.526. The van der Waals surface area contributed by atoms with Crippen LogP contribution in [-0.4, -0.2) is 38.2 Å². The van der Waals surface area contributed by atoms with Crippen LogP contribution < -0.4 is 4.90 Å². The van der Waals surface area contributed by atoms with Gasteiger partial charge in [0.15, 0.2) is 5.16 Å². The first-order valence-electron chi connectivity index (χ1n) is 9.29. The molecule has 4 rings (SSSR count). The normalized spacial score (nSPS) is 19.9. The van der Waals surface area contributed by atoms with E-state index < -0.39 is 0 Å². The molecule has 138 valence electrons. The molecule has 7 heteroatoms. The van der Waals surface area contributed by atoms with Crippen LogP contribution in [0.3, 0.4) is 0 Å². The molecule has 1 aromatic heterocycles. The number of para-hydroxylation sites is 1. The molecule has 1 fully saturated rings. The van der Waals surface area contributed by atoms with Gasteiger partial charge in [-0.3, -0.25) is 4.79 Å². The summed E-state index contributed by atoms with van der Waals surface area (Å²) in [5.74, 6) is 2.21. The van der Waals surface area contributed by atoms with Crippen molar-refractivity contribution in [3.05, 3.63) is 30.1 Å². The predicted molar refractivity (Wildman–Crippen MR) is 107 cm³/mol. The molecule has 0 saturated heterocycles. The minimum atomic E-state index is 0.149. The molecular weight excluding hydrogens is 364 g/mol. The van der Waals surface area contributed by atoms with E-state index in [1.54, 1.807) is 0 Å². The van der Waals surface area contributed by atoms with Crippen molar-refractivity contribution in [1.82, 2.24) is 14.8 Å². The third-order valence-corrected chi connectivity index (χ3v) is 7.06.